The van der Waals surface area contributed by atoms with Crippen LogP contribution in [0.3, 0.4) is 0 Å². The van der Waals surface area contributed by atoms with Gasteiger partial charge in [0.2, 0.25) is 0 Å². The van der Waals surface area contributed by atoms with Crippen LogP contribution in [0.4, 0.5) is 34.1 Å². The minimum absolute atomic E-state index is 0.261. The van der Waals surface area contributed by atoms with Crippen molar-refractivity contribution in [2.45, 2.75) is 250 Å². The maximum Gasteiger partial charge on any atom is 0.153 e. The predicted molar refractivity (Wildman–Crippen MR) is 458 cm³/mol. The highest BCUT2D eigenvalue weighted by atomic mass is 16.5. The van der Waals surface area contributed by atoms with E-state index in [2.05, 4.69) is 278 Å². The van der Waals surface area contributed by atoms with Crippen molar-refractivity contribution in [3.63, 3.8) is 0 Å². The molecule has 0 amide bonds. The molecule has 108 heavy (non-hydrogen) atoms. The molecule has 0 radical (unpaired) electrons. The summed E-state index contributed by atoms with van der Waals surface area (Å²) in [6.45, 7) is 39.5. The highest BCUT2D eigenvalue weighted by molar-refractivity contribution is 5.84. The zero-order valence-electron chi connectivity index (χ0n) is 69.3. The summed E-state index contributed by atoms with van der Waals surface area (Å²) in [4.78, 5) is 30.8. The largest absolute Gasteiger partial charge is 0.493 e. The SMILES string of the molecule is CCCCCC(C)CCOc1cc(C(CC)(CC)c2ccc(N(c3ccccc3)c3ccc(-c4ccc(N(c5ccccc5)c5ccc(C6(CC)c7cc(OCCC(C)CCCC(C)C)c(C=O)cc7OCCC(CCCC(C)C)C6C)c(C)c5)cc4)cc3)cc2C)c(OCCC(C)CCCC(C)C)cc1C=O. The number of fused-ring (bicyclic) bond motifs is 1. The van der Waals surface area contributed by atoms with Crippen molar-refractivity contribution >= 4 is 46.7 Å². The van der Waals surface area contributed by atoms with E-state index < -0.39 is 10.8 Å². The highest BCUT2D eigenvalue weighted by Crippen LogP contribution is 2.55. The molecule has 0 saturated heterocycles. The van der Waals surface area contributed by atoms with Crippen LogP contribution in [0.5, 0.6) is 23.0 Å². The number of rotatable bonds is 43. The zero-order chi connectivity index (χ0) is 77.3. The molecule has 1 heterocycles. The van der Waals surface area contributed by atoms with Gasteiger partial charge in [0.25, 0.3) is 0 Å². The molecule has 1 aliphatic heterocycles. The number of carbonyl (C=O) groups excluding carboxylic acids is 2. The lowest BCUT2D eigenvalue weighted by Gasteiger charge is -2.47. The topological polar surface area (TPSA) is 77.5 Å². The van der Waals surface area contributed by atoms with Crippen molar-refractivity contribution in [2.75, 3.05) is 36.2 Å². The Kier molecular flexibility index (Phi) is 31.9. The zero-order valence-corrected chi connectivity index (χ0v) is 69.3. The Morgan fingerprint density at radius 2 is 0.907 bits per heavy atom. The summed E-state index contributed by atoms with van der Waals surface area (Å²) < 4.78 is 27.2. The minimum Gasteiger partial charge on any atom is -0.493 e. The smallest absolute Gasteiger partial charge is 0.153 e. The van der Waals surface area contributed by atoms with Crippen LogP contribution in [0.15, 0.2) is 170 Å². The van der Waals surface area contributed by atoms with Gasteiger partial charge < -0.3 is 28.7 Å². The van der Waals surface area contributed by atoms with Crippen LogP contribution in [-0.2, 0) is 10.8 Å². The van der Waals surface area contributed by atoms with E-state index in [9.17, 15) is 9.59 Å². The standard InChI is InChI=1S/C100H134N2O6/c1-17-21-24-35-74(11)55-59-105-95-67-93(97(65-83(95)69-103)107-61-57-76(13)37-30-33-72(7)8)99(18-2,19-3)91-53-51-89(63-77(91)14)101(85-39-25-22-26-40-85)87-47-43-81(44-48-87)82-45-49-88(50-46-82)102(86-41-27-23-28-42-86)90-52-54-92(78(15)64-90)100(20-4)79(16)80(38-31-34-73(9)10)58-62-108-98-66-84(70-104)96(68-94(98)100)106-60-56-75(12)36-29-32-71(5)6/h22-23,25-28,39-54,63-76,79-80H,17-21,24,29-38,55-62H2,1-16H3. The number of ether oxygens (including phenoxy) is 4. The van der Waals surface area contributed by atoms with Crippen LogP contribution in [0.2, 0.25) is 0 Å². The van der Waals surface area contributed by atoms with Gasteiger partial charge >= 0.3 is 0 Å². The Balaban J connectivity index is 1.03. The lowest BCUT2D eigenvalue weighted by molar-refractivity contribution is 0.111. The van der Waals surface area contributed by atoms with Crippen LogP contribution in [-0.4, -0.2) is 39.0 Å². The summed E-state index contributed by atoms with van der Waals surface area (Å²) in [6, 6.07) is 61.9. The van der Waals surface area contributed by atoms with Crippen molar-refractivity contribution < 1.29 is 28.5 Å². The van der Waals surface area contributed by atoms with Gasteiger partial charge in [0.1, 0.15) is 23.0 Å². The van der Waals surface area contributed by atoms with E-state index in [-0.39, 0.29) is 5.92 Å². The number of para-hydroxylation sites is 2. The lowest BCUT2D eigenvalue weighted by atomic mass is 9.58. The van der Waals surface area contributed by atoms with Gasteiger partial charge in [-0.2, -0.15) is 0 Å². The molecule has 580 valence electrons. The molecule has 9 rings (SSSR count). The molecule has 6 unspecified atom stereocenters. The monoisotopic (exact) mass is 1460 g/mol. The molecule has 0 fully saturated rings. The first-order chi connectivity index (χ1) is 52.2. The summed E-state index contributed by atoms with van der Waals surface area (Å²) in [6.07, 6.45) is 23.9. The first-order valence-electron chi connectivity index (χ1n) is 42.1. The number of benzene rings is 8. The van der Waals surface area contributed by atoms with Crippen LogP contribution >= 0.6 is 0 Å². The van der Waals surface area contributed by atoms with E-state index in [1.54, 1.807) is 0 Å². The summed E-state index contributed by atoms with van der Waals surface area (Å²) in [5, 5.41) is 0. The number of aryl methyl sites for hydroxylation is 2. The first-order valence-corrected chi connectivity index (χ1v) is 42.1. The summed E-state index contributed by atoms with van der Waals surface area (Å²) in [5.74, 6) is 7.21. The Labute approximate surface area is 653 Å². The third kappa shape index (κ3) is 21.3. The molecular weight excluding hydrogens is 1330 g/mol. The molecule has 8 nitrogen and oxygen atoms in total. The normalized spacial score (nSPS) is 16.1. The molecule has 8 heteroatoms. The van der Waals surface area contributed by atoms with Crippen LogP contribution in [0.1, 0.15) is 279 Å². The van der Waals surface area contributed by atoms with Crippen molar-refractivity contribution in [1.29, 1.82) is 0 Å². The Bertz CT molecular complexity index is 4040. The number of anilines is 6. The molecule has 1 aliphatic rings. The maximum absolute atomic E-state index is 13.0. The Morgan fingerprint density at radius 1 is 0.454 bits per heavy atom. The molecule has 6 atom stereocenters. The van der Waals surface area contributed by atoms with E-state index in [1.807, 2.05) is 12.1 Å². The fourth-order valence-electron chi connectivity index (χ4n) is 17.5. The predicted octanol–water partition coefficient (Wildman–Crippen LogP) is 28.6. The van der Waals surface area contributed by atoms with Crippen molar-refractivity contribution in [3.8, 4) is 34.1 Å². The second-order valence-corrected chi connectivity index (χ2v) is 33.4. The average Bonchev–Trinajstić information content (AvgIpc) is 0.740. The van der Waals surface area contributed by atoms with Crippen LogP contribution in [0, 0.1) is 61.2 Å². The van der Waals surface area contributed by atoms with E-state index in [1.165, 1.54) is 99.3 Å². The molecule has 0 spiro atoms. The van der Waals surface area contributed by atoms with Gasteiger partial charge in [-0.25, -0.2) is 0 Å². The van der Waals surface area contributed by atoms with E-state index >= 15 is 0 Å². The number of hydrogen-bond donors (Lipinski definition) is 0. The van der Waals surface area contributed by atoms with Crippen molar-refractivity contribution in [2.24, 2.45) is 47.3 Å². The minimum atomic E-state index is -0.441. The number of carbonyl (C=O) groups is 2. The highest BCUT2D eigenvalue weighted by Gasteiger charge is 2.46. The van der Waals surface area contributed by atoms with Gasteiger partial charge in [-0.3, -0.25) is 9.59 Å². The van der Waals surface area contributed by atoms with Gasteiger partial charge in [0.05, 0.1) is 37.6 Å². The third-order valence-corrected chi connectivity index (χ3v) is 24.2. The molecule has 0 aromatic heterocycles. The number of aldehydes is 2. The first kappa shape index (κ1) is 83.9. The molecular formula is C100H134N2O6. The van der Waals surface area contributed by atoms with Gasteiger partial charge in [0, 0.05) is 56.1 Å². The summed E-state index contributed by atoms with van der Waals surface area (Å²) in [7, 11) is 0. The third-order valence-electron chi connectivity index (χ3n) is 24.2. The Hall–Kier alpha value is -8.10. The number of nitrogens with zero attached hydrogens (tertiary/aromatic N) is 2. The molecule has 8 aromatic rings. The second kappa shape index (κ2) is 41.1. The fourth-order valence-corrected chi connectivity index (χ4v) is 17.5. The molecule has 0 saturated carbocycles. The Morgan fingerprint density at radius 3 is 1.38 bits per heavy atom. The maximum atomic E-state index is 13.0. The average molecular weight is 1460 g/mol. The molecule has 0 bridgehead atoms. The summed E-state index contributed by atoms with van der Waals surface area (Å²) >= 11 is 0. The molecule has 8 aromatic carbocycles. The fraction of sp³-hybridized carbons (Fsp3) is 0.500. The van der Waals surface area contributed by atoms with E-state index in [0.717, 1.165) is 132 Å². The van der Waals surface area contributed by atoms with Gasteiger partial charge in [0.15, 0.2) is 12.6 Å². The lowest BCUT2D eigenvalue weighted by Crippen LogP contribution is -2.41. The van der Waals surface area contributed by atoms with Crippen LogP contribution < -0.4 is 28.7 Å². The van der Waals surface area contributed by atoms with Crippen molar-refractivity contribution in [3.05, 3.63) is 214 Å². The number of unbranched alkanes of at least 4 members (excludes halogenated alkanes) is 2. The van der Waals surface area contributed by atoms with Gasteiger partial charge in [-0.05, 0) is 237 Å². The van der Waals surface area contributed by atoms with E-state index in [0.29, 0.717) is 90.5 Å². The molecule has 0 aliphatic carbocycles. The summed E-state index contributed by atoms with van der Waals surface area (Å²) in [5.41, 5.74) is 16.0. The van der Waals surface area contributed by atoms with Crippen molar-refractivity contribution in [1.82, 2.24) is 0 Å². The van der Waals surface area contributed by atoms with E-state index in [4.69, 9.17) is 18.9 Å². The quantitative estimate of drug-likeness (QED) is 0.0276. The van der Waals surface area contributed by atoms with Gasteiger partial charge in [-0.15, -0.1) is 0 Å². The van der Waals surface area contributed by atoms with Gasteiger partial charge in [-0.1, -0.05) is 253 Å². The second-order valence-electron chi connectivity index (χ2n) is 33.4. The number of hydrogen-bond acceptors (Lipinski definition) is 8. The molecule has 0 N–H and O–H groups in total. The van der Waals surface area contributed by atoms with Crippen LogP contribution in [0.25, 0.3) is 11.1 Å².